The Bertz CT molecular complexity index is 570. The summed E-state index contributed by atoms with van der Waals surface area (Å²) in [5.74, 6) is -2.14. The molecule has 0 aromatic heterocycles. The van der Waals surface area contributed by atoms with Gasteiger partial charge in [0.1, 0.15) is 11.6 Å². The molecule has 8 heteroatoms. The van der Waals surface area contributed by atoms with Gasteiger partial charge in [0.25, 0.3) is 0 Å². The monoisotopic (exact) mass is 383 g/mol. The normalized spacial score (nSPS) is 23.3. The van der Waals surface area contributed by atoms with Crippen LogP contribution in [0.4, 0.5) is 4.79 Å². The molecule has 0 spiro atoms. The lowest BCUT2D eigenvalue weighted by Crippen LogP contribution is -2.57. The summed E-state index contributed by atoms with van der Waals surface area (Å²) in [4.78, 5) is 42.3. The SMILES string of the molecule is CN(CCN(C)C1CC1)C(=O)[C@H]1CCCN(C(=O)OC(C)(C)C)[C@H]1C(=O)O. The Morgan fingerprint density at radius 1 is 1.11 bits per heavy atom. The van der Waals surface area contributed by atoms with Crippen LogP contribution in [-0.2, 0) is 14.3 Å². The highest BCUT2D eigenvalue weighted by Crippen LogP contribution is 2.28. The third-order valence-corrected chi connectivity index (χ3v) is 5.16. The molecule has 0 unspecified atom stereocenters. The number of hydrogen-bond donors (Lipinski definition) is 1. The molecule has 2 rings (SSSR count). The highest BCUT2D eigenvalue weighted by molar-refractivity contribution is 5.89. The van der Waals surface area contributed by atoms with Gasteiger partial charge in [0.05, 0.1) is 5.92 Å². The fourth-order valence-corrected chi connectivity index (χ4v) is 3.48. The first kappa shape index (κ1) is 21.5. The van der Waals surface area contributed by atoms with Crippen molar-refractivity contribution in [3.8, 4) is 0 Å². The fourth-order valence-electron chi connectivity index (χ4n) is 3.48. The van der Waals surface area contributed by atoms with Gasteiger partial charge in [0.15, 0.2) is 0 Å². The standard InChI is InChI=1S/C19H33N3O5/c1-19(2,3)27-18(26)22-10-6-7-14(15(22)17(24)25)16(23)21(5)12-11-20(4)13-8-9-13/h13-15H,6-12H2,1-5H3,(H,24,25)/t14-,15+/m0/s1. The number of likely N-dealkylation sites (tertiary alicyclic amines) is 1. The van der Waals surface area contributed by atoms with Crippen LogP contribution in [-0.4, -0.2) is 89.2 Å². The molecule has 27 heavy (non-hydrogen) atoms. The second-order valence-corrected chi connectivity index (χ2v) is 8.68. The average molecular weight is 383 g/mol. The van der Waals surface area contributed by atoms with Crippen LogP contribution in [0.1, 0.15) is 46.5 Å². The zero-order valence-electron chi connectivity index (χ0n) is 17.1. The van der Waals surface area contributed by atoms with Crippen molar-refractivity contribution in [1.82, 2.24) is 14.7 Å². The van der Waals surface area contributed by atoms with Gasteiger partial charge >= 0.3 is 12.1 Å². The third kappa shape index (κ3) is 5.82. The van der Waals surface area contributed by atoms with E-state index in [1.165, 1.54) is 17.7 Å². The van der Waals surface area contributed by atoms with E-state index in [1.807, 2.05) is 7.05 Å². The molecule has 0 aromatic carbocycles. The molecule has 1 saturated carbocycles. The maximum Gasteiger partial charge on any atom is 0.411 e. The van der Waals surface area contributed by atoms with Crippen molar-refractivity contribution in [2.75, 3.05) is 33.7 Å². The summed E-state index contributed by atoms with van der Waals surface area (Å²) < 4.78 is 5.35. The molecule has 1 heterocycles. The number of carboxylic acid groups (broad SMARTS) is 1. The Balaban J connectivity index is 2.05. The van der Waals surface area contributed by atoms with Crippen LogP contribution >= 0.6 is 0 Å². The number of amides is 2. The quantitative estimate of drug-likeness (QED) is 0.750. The molecule has 1 N–H and O–H groups in total. The van der Waals surface area contributed by atoms with E-state index < -0.39 is 29.6 Å². The molecular formula is C19H33N3O5. The van der Waals surface area contributed by atoms with Gasteiger partial charge in [-0.25, -0.2) is 9.59 Å². The molecule has 0 bridgehead atoms. The van der Waals surface area contributed by atoms with Crippen LogP contribution < -0.4 is 0 Å². The summed E-state index contributed by atoms with van der Waals surface area (Å²) in [6, 6.07) is -0.581. The zero-order valence-corrected chi connectivity index (χ0v) is 17.1. The van der Waals surface area contributed by atoms with Crippen molar-refractivity contribution < 1.29 is 24.2 Å². The number of carboxylic acids is 1. The summed E-state index contributed by atoms with van der Waals surface area (Å²) in [6.45, 7) is 6.78. The smallest absolute Gasteiger partial charge is 0.411 e. The summed E-state index contributed by atoms with van der Waals surface area (Å²) in [5.41, 5.74) is -0.721. The molecule has 154 valence electrons. The minimum absolute atomic E-state index is 0.222. The molecule has 1 aliphatic carbocycles. The Kier molecular flexibility index (Phi) is 6.72. The number of rotatable bonds is 6. The number of carbonyl (C=O) groups is 3. The number of likely N-dealkylation sites (N-methyl/N-ethyl adjacent to an activating group) is 2. The molecule has 0 aromatic rings. The zero-order chi connectivity index (χ0) is 20.4. The van der Waals surface area contributed by atoms with E-state index in [0.717, 1.165) is 6.54 Å². The maximum absolute atomic E-state index is 12.9. The van der Waals surface area contributed by atoms with Crippen LogP contribution in [0.15, 0.2) is 0 Å². The van der Waals surface area contributed by atoms with Crippen LogP contribution in [0.3, 0.4) is 0 Å². The minimum atomic E-state index is -1.19. The van der Waals surface area contributed by atoms with Gasteiger partial charge in [-0.1, -0.05) is 0 Å². The van der Waals surface area contributed by atoms with Crippen molar-refractivity contribution >= 4 is 18.0 Å². The van der Waals surface area contributed by atoms with E-state index in [9.17, 15) is 19.5 Å². The van der Waals surface area contributed by atoms with Gasteiger partial charge in [0.2, 0.25) is 5.91 Å². The molecule has 1 aliphatic heterocycles. The van der Waals surface area contributed by atoms with Gasteiger partial charge in [-0.2, -0.15) is 0 Å². The molecule has 0 radical (unpaired) electrons. The number of carbonyl (C=O) groups excluding carboxylic acids is 2. The first-order valence-corrected chi connectivity index (χ1v) is 9.69. The number of ether oxygens (including phenoxy) is 1. The number of aliphatic carboxylic acids is 1. The van der Waals surface area contributed by atoms with Gasteiger partial charge in [-0.15, -0.1) is 0 Å². The van der Waals surface area contributed by atoms with Gasteiger partial charge in [0, 0.05) is 32.7 Å². The molecule has 2 atom stereocenters. The van der Waals surface area contributed by atoms with E-state index in [-0.39, 0.29) is 12.5 Å². The average Bonchev–Trinajstić information content (AvgIpc) is 3.41. The van der Waals surface area contributed by atoms with E-state index in [0.29, 0.717) is 25.4 Å². The van der Waals surface area contributed by atoms with Crippen molar-refractivity contribution in [2.45, 2.75) is 64.1 Å². The summed E-state index contributed by atoms with van der Waals surface area (Å²) in [5, 5.41) is 9.73. The predicted molar refractivity (Wildman–Crippen MR) is 100 cm³/mol. The van der Waals surface area contributed by atoms with E-state index in [4.69, 9.17) is 4.74 Å². The fraction of sp³-hybridized carbons (Fsp3) is 0.842. The van der Waals surface area contributed by atoms with E-state index in [1.54, 1.807) is 32.7 Å². The molecular weight excluding hydrogens is 350 g/mol. The Labute approximate surface area is 161 Å². The number of nitrogens with zero attached hydrogens (tertiary/aromatic N) is 3. The minimum Gasteiger partial charge on any atom is -0.480 e. The molecule has 2 fully saturated rings. The Hall–Kier alpha value is -1.83. The van der Waals surface area contributed by atoms with E-state index in [2.05, 4.69) is 4.90 Å². The van der Waals surface area contributed by atoms with E-state index >= 15 is 0 Å². The lowest BCUT2D eigenvalue weighted by Gasteiger charge is -2.39. The van der Waals surface area contributed by atoms with Gasteiger partial charge in [-0.3, -0.25) is 9.69 Å². The summed E-state index contributed by atoms with van der Waals surface area (Å²) in [7, 11) is 3.75. The lowest BCUT2D eigenvalue weighted by molar-refractivity contribution is -0.153. The van der Waals surface area contributed by atoms with Gasteiger partial charge in [-0.05, 0) is 53.5 Å². The van der Waals surface area contributed by atoms with Crippen LogP contribution in [0.25, 0.3) is 0 Å². The van der Waals surface area contributed by atoms with Crippen molar-refractivity contribution in [3.63, 3.8) is 0 Å². The second kappa shape index (κ2) is 8.46. The second-order valence-electron chi connectivity index (χ2n) is 8.68. The highest BCUT2D eigenvalue weighted by atomic mass is 16.6. The number of hydrogen-bond acceptors (Lipinski definition) is 5. The number of piperidine rings is 1. The summed E-state index contributed by atoms with van der Waals surface area (Å²) >= 11 is 0. The van der Waals surface area contributed by atoms with Gasteiger partial charge < -0.3 is 19.6 Å². The van der Waals surface area contributed by atoms with Crippen LogP contribution in [0, 0.1) is 5.92 Å². The molecule has 8 nitrogen and oxygen atoms in total. The van der Waals surface area contributed by atoms with Crippen LogP contribution in [0.5, 0.6) is 0 Å². The molecule has 2 aliphatic rings. The largest absolute Gasteiger partial charge is 0.480 e. The highest BCUT2D eigenvalue weighted by Gasteiger charge is 2.45. The van der Waals surface area contributed by atoms with Crippen molar-refractivity contribution in [1.29, 1.82) is 0 Å². The summed E-state index contributed by atoms with van der Waals surface area (Å²) in [6.07, 6.45) is 2.75. The van der Waals surface area contributed by atoms with Crippen LogP contribution in [0.2, 0.25) is 0 Å². The Morgan fingerprint density at radius 3 is 2.26 bits per heavy atom. The predicted octanol–water partition coefficient (Wildman–Crippen LogP) is 1.64. The Morgan fingerprint density at radius 2 is 1.74 bits per heavy atom. The molecule has 2 amide bonds. The maximum atomic E-state index is 12.9. The lowest BCUT2D eigenvalue weighted by atomic mass is 9.88. The van der Waals surface area contributed by atoms with Crippen molar-refractivity contribution in [3.05, 3.63) is 0 Å². The first-order chi connectivity index (χ1) is 12.5. The first-order valence-electron chi connectivity index (χ1n) is 9.69. The van der Waals surface area contributed by atoms with Crippen molar-refractivity contribution in [2.24, 2.45) is 5.92 Å². The third-order valence-electron chi connectivity index (χ3n) is 5.16. The topological polar surface area (TPSA) is 90.4 Å². The molecule has 1 saturated heterocycles.